The average Bonchev–Trinajstić information content (AvgIpc) is 2.99. The lowest BCUT2D eigenvalue weighted by molar-refractivity contribution is 0.120. The van der Waals surface area contributed by atoms with Crippen molar-refractivity contribution in [3.05, 3.63) is 71.4 Å². The van der Waals surface area contributed by atoms with Crippen LogP contribution >= 0.6 is 0 Å². The molecule has 1 aromatic heterocycles. The molecule has 0 spiro atoms. The van der Waals surface area contributed by atoms with Crippen molar-refractivity contribution in [1.82, 2.24) is 10.3 Å². The van der Waals surface area contributed by atoms with Crippen molar-refractivity contribution in [3.8, 4) is 0 Å². The standard InChI is InChI=1S/C20H22N2O/c23-20-12-15-6-2-1-5-14(15)11-19(20)21-10-9-16-13-22-18-8-4-3-7-17(16)18/h1-8,13,19-23H,9-12H2/t19-,20-/m1/s1. The van der Waals surface area contributed by atoms with Crippen LogP contribution in [0.3, 0.4) is 0 Å². The molecule has 3 heteroatoms. The van der Waals surface area contributed by atoms with Gasteiger partial charge in [0.25, 0.3) is 0 Å². The second-order valence-electron chi connectivity index (χ2n) is 6.41. The molecular formula is C20H22N2O. The molecule has 1 aliphatic rings. The van der Waals surface area contributed by atoms with Crippen LogP contribution in [0, 0.1) is 0 Å². The molecule has 3 N–H and O–H groups in total. The number of H-pyrrole nitrogens is 1. The first-order chi connectivity index (χ1) is 11.3. The van der Waals surface area contributed by atoms with E-state index in [1.807, 2.05) is 0 Å². The Bertz CT molecular complexity index is 808. The summed E-state index contributed by atoms with van der Waals surface area (Å²) in [6.07, 6.45) is 4.42. The molecule has 2 aromatic carbocycles. The molecule has 3 aromatic rings. The van der Waals surface area contributed by atoms with Crippen molar-refractivity contribution < 1.29 is 5.11 Å². The Kier molecular flexibility index (Phi) is 3.90. The van der Waals surface area contributed by atoms with Gasteiger partial charge in [0, 0.05) is 29.6 Å². The minimum Gasteiger partial charge on any atom is -0.391 e. The predicted octanol–water partition coefficient (Wildman–Crippen LogP) is 2.83. The van der Waals surface area contributed by atoms with E-state index in [-0.39, 0.29) is 12.1 Å². The van der Waals surface area contributed by atoms with E-state index >= 15 is 0 Å². The van der Waals surface area contributed by atoms with Crippen LogP contribution in [0.5, 0.6) is 0 Å². The van der Waals surface area contributed by atoms with E-state index in [4.69, 9.17) is 0 Å². The third-order valence-electron chi connectivity index (χ3n) is 4.93. The lowest BCUT2D eigenvalue weighted by Gasteiger charge is -2.30. The molecule has 4 rings (SSSR count). The molecule has 0 aliphatic heterocycles. The number of benzene rings is 2. The molecule has 23 heavy (non-hydrogen) atoms. The lowest BCUT2D eigenvalue weighted by atomic mass is 9.86. The third-order valence-corrected chi connectivity index (χ3v) is 4.93. The maximum absolute atomic E-state index is 10.4. The van der Waals surface area contributed by atoms with Crippen LogP contribution in [0.25, 0.3) is 10.9 Å². The van der Waals surface area contributed by atoms with Crippen LogP contribution in [0.2, 0.25) is 0 Å². The normalized spacial score (nSPS) is 20.6. The summed E-state index contributed by atoms with van der Waals surface area (Å²) in [4.78, 5) is 3.32. The van der Waals surface area contributed by atoms with E-state index in [9.17, 15) is 5.11 Å². The number of aliphatic hydroxyl groups excluding tert-OH is 1. The van der Waals surface area contributed by atoms with Gasteiger partial charge in [-0.1, -0.05) is 42.5 Å². The number of aliphatic hydroxyl groups is 1. The molecule has 0 saturated carbocycles. The molecule has 0 saturated heterocycles. The number of hydrogen-bond acceptors (Lipinski definition) is 2. The van der Waals surface area contributed by atoms with Crippen molar-refractivity contribution in [2.45, 2.75) is 31.4 Å². The number of aromatic nitrogens is 1. The topological polar surface area (TPSA) is 48.0 Å². The maximum Gasteiger partial charge on any atom is 0.0736 e. The first-order valence-corrected chi connectivity index (χ1v) is 8.34. The van der Waals surface area contributed by atoms with Gasteiger partial charge in [0.1, 0.15) is 0 Å². The van der Waals surface area contributed by atoms with E-state index in [0.29, 0.717) is 0 Å². The van der Waals surface area contributed by atoms with Gasteiger partial charge in [-0.05, 0) is 42.1 Å². The summed E-state index contributed by atoms with van der Waals surface area (Å²) in [5.74, 6) is 0. The molecule has 0 unspecified atom stereocenters. The lowest BCUT2D eigenvalue weighted by Crippen LogP contribution is -2.46. The van der Waals surface area contributed by atoms with Gasteiger partial charge in [0.2, 0.25) is 0 Å². The highest BCUT2D eigenvalue weighted by atomic mass is 16.3. The van der Waals surface area contributed by atoms with Gasteiger partial charge in [0.15, 0.2) is 0 Å². The summed E-state index contributed by atoms with van der Waals surface area (Å²) >= 11 is 0. The van der Waals surface area contributed by atoms with Crippen molar-refractivity contribution in [1.29, 1.82) is 0 Å². The van der Waals surface area contributed by atoms with E-state index in [1.54, 1.807) is 0 Å². The van der Waals surface area contributed by atoms with Gasteiger partial charge >= 0.3 is 0 Å². The van der Waals surface area contributed by atoms with Crippen LogP contribution in [-0.2, 0) is 19.3 Å². The third kappa shape index (κ3) is 2.90. The number of rotatable bonds is 4. The highest BCUT2D eigenvalue weighted by molar-refractivity contribution is 5.83. The highest BCUT2D eigenvalue weighted by Gasteiger charge is 2.25. The summed E-state index contributed by atoms with van der Waals surface area (Å²) < 4.78 is 0. The maximum atomic E-state index is 10.4. The van der Waals surface area contributed by atoms with Gasteiger partial charge < -0.3 is 15.4 Å². The largest absolute Gasteiger partial charge is 0.391 e. The van der Waals surface area contributed by atoms with E-state index in [2.05, 4.69) is 65.0 Å². The number of fused-ring (bicyclic) bond motifs is 2. The molecule has 1 aliphatic carbocycles. The number of nitrogens with one attached hydrogen (secondary N) is 2. The Morgan fingerprint density at radius 2 is 1.74 bits per heavy atom. The number of para-hydroxylation sites is 1. The quantitative estimate of drug-likeness (QED) is 0.694. The summed E-state index contributed by atoms with van der Waals surface area (Å²) in [6.45, 7) is 0.881. The predicted molar refractivity (Wildman–Crippen MR) is 93.7 cm³/mol. The van der Waals surface area contributed by atoms with Gasteiger partial charge in [-0.15, -0.1) is 0 Å². The fourth-order valence-electron chi connectivity index (χ4n) is 3.64. The molecule has 118 valence electrons. The molecule has 2 atom stereocenters. The average molecular weight is 306 g/mol. The molecule has 1 heterocycles. The van der Waals surface area contributed by atoms with Crippen molar-refractivity contribution >= 4 is 10.9 Å². The Morgan fingerprint density at radius 3 is 2.61 bits per heavy atom. The van der Waals surface area contributed by atoms with E-state index in [1.165, 1.54) is 27.6 Å². The summed E-state index contributed by atoms with van der Waals surface area (Å²) in [5.41, 5.74) is 5.17. The number of hydrogen-bond donors (Lipinski definition) is 3. The molecule has 3 nitrogen and oxygen atoms in total. The van der Waals surface area contributed by atoms with Gasteiger partial charge in [-0.2, -0.15) is 0 Å². The van der Waals surface area contributed by atoms with Gasteiger partial charge in [-0.3, -0.25) is 0 Å². The zero-order valence-electron chi connectivity index (χ0n) is 13.1. The zero-order chi connectivity index (χ0) is 15.6. The molecule has 0 amide bonds. The van der Waals surface area contributed by atoms with Crippen LogP contribution in [0.1, 0.15) is 16.7 Å². The van der Waals surface area contributed by atoms with Gasteiger partial charge in [0.05, 0.1) is 6.10 Å². The summed E-state index contributed by atoms with van der Waals surface area (Å²) in [5, 5.41) is 15.2. The van der Waals surface area contributed by atoms with Gasteiger partial charge in [-0.25, -0.2) is 0 Å². The minimum atomic E-state index is -0.298. The smallest absolute Gasteiger partial charge is 0.0736 e. The van der Waals surface area contributed by atoms with E-state index in [0.717, 1.165) is 25.8 Å². The first-order valence-electron chi connectivity index (χ1n) is 8.34. The molecule has 0 fully saturated rings. The molecule has 0 radical (unpaired) electrons. The molecule has 0 bridgehead atoms. The van der Waals surface area contributed by atoms with Crippen molar-refractivity contribution in [2.24, 2.45) is 0 Å². The second kappa shape index (κ2) is 6.19. The number of aromatic amines is 1. The Balaban J connectivity index is 1.40. The van der Waals surface area contributed by atoms with E-state index < -0.39 is 0 Å². The highest BCUT2D eigenvalue weighted by Crippen LogP contribution is 2.22. The monoisotopic (exact) mass is 306 g/mol. The first kappa shape index (κ1) is 14.5. The Labute approximate surface area is 136 Å². The van der Waals surface area contributed by atoms with Crippen LogP contribution < -0.4 is 5.32 Å². The Morgan fingerprint density at radius 1 is 1.00 bits per heavy atom. The zero-order valence-corrected chi connectivity index (χ0v) is 13.1. The fraction of sp³-hybridized carbons (Fsp3) is 0.300. The van der Waals surface area contributed by atoms with Crippen LogP contribution in [0.4, 0.5) is 0 Å². The van der Waals surface area contributed by atoms with Crippen molar-refractivity contribution in [2.75, 3.05) is 6.54 Å². The van der Waals surface area contributed by atoms with Crippen molar-refractivity contribution in [3.63, 3.8) is 0 Å². The van der Waals surface area contributed by atoms with Crippen LogP contribution in [0.15, 0.2) is 54.7 Å². The summed E-state index contributed by atoms with van der Waals surface area (Å²) in [6, 6.07) is 17.0. The fourth-order valence-corrected chi connectivity index (χ4v) is 3.64. The Hall–Kier alpha value is -2.10. The minimum absolute atomic E-state index is 0.148. The SMILES string of the molecule is O[C@@H]1Cc2ccccc2C[C@H]1NCCc1c[nH]c2ccccc12. The summed E-state index contributed by atoms with van der Waals surface area (Å²) in [7, 11) is 0. The molecular weight excluding hydrogens is 284 g/mol. The second-order valence-corrected chi connectivity index (χ2v) is 6.41. The van der Waals surface area contributed by atoms with Crippen LogP contribution in [-0.4, -0.2) is 28.8 Å².